The van der Waals surface area contributed by atoms with E-state index in [0.717, 1.165) is 6.07 Å². The lowest BCUT2D eigenvalue weighted by Gasteiger charge is -2.15. The predicted molar refractivity (Wildman–Crippen MR) is 55.9 cm³/mol. The van der Waals surface area contributed by atoms with Gasteiger partial charge in [0, 0.05) is 0 Å². The lowest BCUT2D eigenvalue weighted by atomic mass is 10.0. The van der Waals surface area contributed by atoms with Crippen molar-refractivity contribution in [2.24, 2.45) is 0 Å². The molecule has 2 rings (SSSR count). The summed E-state index contributed by atoms with van der Waals surface area (Å²) in [5.41, 5.74) is -0.716. The number of hydrogen-bond acceptors (Lipinski definition) is 2. The minimum atomic E-state index is -4.43. The maximum absolute atomic E-state index is 12.6. The van der Waals surface area contributed by atoms with Crippen LogP contribution in [0.2, 0.25) is 0 Å². The van der Waals surface area contributed by atoms with Crippen molar-refractivity contribution in [2.45, 2.75) is 12.2 Å². The molecule has 1 atom stereocenters. The van der Waals surface area contributed by atoms with Crippen molar-refractivity contribution in [1.82, 2.24) is 5.32 Å². The summed E-state index contributed by atoms with van der Waals surface area (Å²) in [4.78, 5) is 10.8. The van der Waals surface area contributed by atoms with Gasteiger partial charge in [-0.05, 0) is 11.6 Å². The Labute approximate surface area is 101 Å². The predicted octanol–water partition coefficient (Wildman–Crippen LogP) is 2.91. The minimum absolute atomic E-state index is 0. The standard InChI is InChI=1S/C10H8F3NO2.ClH/c11-10(12,13)7-4-2-1-3-6(7)8-5-16-9(15)14-8;/h1-4,8H,5H2,(H,14,15);1H/t8-;/m1./s1. The zero-order chi connectivity index (χ0) is 11.8. The normalized spacial score (nSPS) is 19.2. The molecule has 1 aromatic carbocycles. The fourth-order valence-corrected chi connectivity index (χ4v) is 1.61. The van der Waals surface area contributed by atoms with Gasteiger partial charge in [0.1, 0.15) is 6.61 Å². The van der Waals surface area contributed by atoms with E-state index in [9.17, 15) is 18.0 Å². The van der Waals surface area contributed by atoms with E-state index in [0.29, 0.717) is 0 Å². The van der Waals surface area contributed by atoms with Crippen LogP contribution < -0.4 is 5.32 Å². The van der Waals surface area contributed by atoms with E-state index in [1.165, 1.54) is 18.2 Å². The molecule has 0 aliphatic carbocycles. The van der Waals surface area contributed by atoms with Gasteiger partial charge in [-0.25, -0.2) is 4.79 Å². The number of ether oxygens (including phenoxy) is 1. The molecule has 7 heteroatoms. The molecule has 1 fully saturated rings. The van der Waals surface area contributed by atoms with Crippen LogP contribution in [0.5, 0.6) is 0 Å². The van der Waals surface area contributed by atoms with Crippen molar-refractivity contribution in [3.8, 4) is 0 Å². The monoisotopic (exact) mass is 267 g/mol. The van der Waals surface area contributed by atoms with Crippen LogP contribution in [0.4, 0.5) is 18.0 Å². The molecule has 17 heavy (non-hydrogen) atoms. The number of benzene rings is 1. The number of alkyl carbamates (subject to hydrolysis) is 1. The van der Waals surface area contributed by atoms with Gasteiger partial charge in [0.25, 0.3) is 0 Å². The Morgan fingerprint density at radius 3 is 2.47 bits per heavy atom. The van der Waals surface area contributed by atoms with Crippen LogP contribution in [0.1, 0.15) is 17.2 Å². The molecule has 0 spiro atoms. The zero-order valence-electron chi connectivity index (χ0n) is 8.45. The smallest absolute Gasteiger partial charge is 0.416 e. The van der Waals surface area contributed by atoms with Crippen molar-refractivity contribution in [1.29, 1.82) is 0 Å². The third-order valence-electron chi connectivity index (χ3n) is 2.31. The van der Waals surface area contributed by atoms with Crippen LogP contribution in [0.3, 0.4) is 0 Å². The highest BCUT2D eigenvalue weighted by Gasteiger charge is 2.37. The molecule has 0 radical (unpaired) electrons. The highest BCUT2D eigenvalue weighted by Crippen LogP contribution is 2.35. The second kappa shape index (κ2) is 4.83. The van der Waals surface area contributed by atoms with Crippen LogP contribution >= 0.6 is 12.4 Å². The van der Waals surface area contributed by atoms with Gasteiger partial charge < -0.3 is 10.1 Å². The van der Waals surface area contributed by atoms with E-state index in [1.807, 2.05) is 0 Å². The lowest BCUT2D eigenvalue weighted by Crippen LogP contribution is -2.21. The van der Waals surface area contributed by atoms with Crippen molar-refractivity contribution in [3.63, 3.8) is 0 Å². The van der Waals surface area contributed by atoms with Crippen LogP contribution in [-0.4, -0.2) is 12.7 Å². The van der Waals surface area contributed by atoms with Crippen LogP contribution in [-0.2, 0) is 10.9 Å². The number of cyclic esters (lactones) is 1. The first-order valence-electron chi connectivity index (χ1n) is 4.58. The molecule has 0 saturated carbocycles. The number of amides is 1. The van der Waals surface area contributed by atoms with Gasteiger partial charge in [0.2, 0.25) is 0 Å². The highest BCUT2D eigenvalue weighted by molar-refractivity contribution is 5.85. The van der Waals surface area contributed by atoms with Gasteiger partial charge in [-0.2, -0.15) is 13.2 Å². The average molecular weight is 268 g/mol. The Hall–Kier alpha value is -1.43. The molecule has 0 aromatic heterocycles. The first-order valence-corrected chi connectivity index (χ1v) is 4.58. The molecule has 0 bridgehead atoms. The summed E-state index contributed by atoms with van der Waals surface area (Å²) in [6.07, 6.45) is -5.12. The van der Waals surface area contributed by atoms with Crippen LogP contribution in [0, 0.1) is 0 Å². The Balaban J connectivity index is 0.00000144. The van der Waals surface area contributed by atoms with Gasteiger partial charge in [0.05, 0.1) is 11.6 Å². The second-order valence-electron chi connectivity index (χ2n) is 3.38. The molecular formula is C10H9ClF3NO2. The van der Waals surface area contributed by atoms with Gasteiger partial charge >= 0.3 is 12.3 Å². The number of alkyl halides is 3. The molecular weight excluding hydrogens is 259 g/mol. The minimum Gasteiger partial charge on any atom is -0.447 e. The fourth-order valence-electron chi connectivity index (χ4n) is 1.61. The summed E-state index contributed by atoms with van der Waals surface area (Å²) in [6, 6.07) is 4.40. The van der Waals surface area contributed by atoms with Crippen molar-refractivity contribution in [3.05, 3.63) is 35.4 Å². The van der Waals surface area contributed by atoms with E-state index in [4.69, 9.17) is 0 Å². The molecule has 1 N–H and O–H groups in total. The van der Waals surface area contributed by atoms with E-state index < -0.39 is 23.9 Å². The molecule has 1 aromatic rings. The maximum Gasteiger partial charge on any atom is 0.416 e. The largest absolute Gasteiger partial charge is 0.447 e. The van der Waals surface area contributed by atoms with Crippen molar-refractivity contribution < 1.29 is 22.7 Å². The molecule has 1 saturated heterocycles. The Kier molecular flexibility index (Phi) is 3.87. The second-order valence-corrected chi connectivity index (χ2v) is 3.38. The van der Waals surface area contributed by atoms with Gasteiger partial charge in [-0.1, -0.05) is 18.2 Å². The molecule has 1 heterocycles. The maximum atomic E-state index is 12.6. The van der Waals surface area contributed by atoms with E-state index in [-0.39, 0.29) is 24.6 Å². The highest BCUT2D eigenvalue weighted by atomic mass is 35.5. The number of rotatable bonds is 1. The summed E-state index contributed by atoms with van der Waals surface area (Å²) >= 11 is 0. The van der Waals surface area contributed by atoms with Gasteiger partial charge in [-0.3, -0.25) is 0 Å². The third kappa shape index (κ3) is 2.82. The zero-order valence-corrected chi connectivity index (χ0v) is 9.27. The summed E-state index contributed by atoms with van der Waals surface area (Å²) in [5.74, 6) is 0. The SMILES string of the molecule is Cl.O=C1N[C@@H](c2ccccc2C(F)(F)F)CO1. The number of hydrogen-bond donors (Lipinski definition) is 1. The van der Waals surface area contributed by atoms with Crippen LogP contribution in [0.25, 0.3) is 0 Å². The van der Waals surface area contributed by atoms with E-state index in [2.05, 4.69) is 10.1 Å². The lowest BCUT2D eigenvalue weighted by molar-refractivity contribution is -0.138. The fraction of sp³-hybridized carbons (Fsp3) is 0.300. The molecule has 1 aliphatic heterocycles. The number of carbonyl (C=O) groups excluding carboxylic acids is 1. The Bertz CT molecular complexity index is 422. The summed E-state index contributed by atoms with van der Waals surface area (Å²) in [5, 5.41) is 2.32. The van der Waals surface area contributed by atoms with Gasteiger partial charge in [-0.15, -0.1) is 12.4 Å². The Morgan fingerprint density at radius 1 is 1.29 bits per heavy atom. The molecule has 94 valence electrons. The first-order chi connectivity index (χ1) is 7.48. The number of nitrogens with one attached hydrogen (secondary N) is 1. The first kappa shape index (κ1) is 13.6. The topological polar surface area (TPSA) is 38.3 Å². The van der Waals surface area contributed by atoms with Crippen molar-refractivity contribution in [2.75, 3.05) is 6.61 Å². The van der Waals surface area contributed by atoms with Gasteiger partial charge in [0.15, 0.2) is 0 Å². The third-order valence-corrected chi connectivity index (χ3v) is 2.31. The molecule has 1 amide bonds. The molecule has 1 aliphatic rings. The van der Waals surface area contributed by atoms with E-state index >= 15 is 0 Å². The molecule has 0 unspecified atom stereocenters. The van der Waals surface area contributed by atoms with Crippen molar-refractivity contribution >= 4 is 18.5 Å². The summed E-state index contributed by atoms with van der Waals surface area (Å²) in [7, 11) is 0. The quantitative estimate of drug-likeness (QED) is 0.850. The number of carbonyl (C=O) groups is 1. The average Bonchev–Trinajstić information content (AvgIpc) is 2.64. The Morgan fingerprint density at radius 2 is 1.94 bits per heavy atom. The summed E-state index contributed by atoms with van der Waals surface area (Å²) in [6.45, 7) is -0.0775. The summed E-state index contributed by atoms with van der Waals surface area (Å²) < 4.78 is 42.5. The van der Waals surface area contributed by atoms with E-state index in [1.54, 1.807) is 0 Å². The van der Waals surface area contributed by atoms with Crippen LogP contribution in [0.15, 0.2) is 24.3 Å². The molecule has 3 nitrogen and oxygen atoms in total. The number of halogens is 4.